The van der Waals surface area contributed by atoms with Gasteiger partial charge in [0.15, 0.2) is 0 Å². The van der Waals surface area contributed by atoms with E-state index in [4.69, 9.17) is 33.1 Å². The van der Waals surface area contributed by atoms with E-state index in [-0.39, 0.29) is 30.4 Å². The van der Waals surface area contributed by atoms with Gasteiger partial charge in [0.25, 0.3) is 0 Å². The van der Waals surface area contributed by atoms with Crippen LogP contribution in [0.2, 0.25) is 10.0 Å². The zero-order valence-electron chi connectivity index (χ0n) is 16.8. The molecule has 32 heavy (non-hydrogen) atoms. The van der Waals surface area contributed by atoms with Gasteiger partial charge in [-0.05, 0) is 48.0 Å². The molecule has 0 atom stereocenters. The molecule has 7 nitrogen and oxygen atoms in total. The van der Waals surface area contributed by atoms with Crippen molar-refractivity contribution >= 4 is 50.5 Å². The summed E-state index contributed by atoms with van der Waals surface area (Å²) in [5.74, 6) is 0.287. The van der Waals surface area contributed by atoms with Crippen molar-refractivity contribution in [3.8, 4) is 5.75 Å². The third kappa shape index (κ3) is 6.61. The quantitative estimate of drug-likeness (QED) is 0.388. The van der Waals surface area contributed by atoms with Crippen LogP contribution in [-0.4, -0.2) is 27.5 Å². The highest BCUT2D eigenvalue weighted by Crippen LogP contribution is 2.33. The van der Waals surface area contributed by atoms with Gasteiger partial charge in [-0.25, -0.2) is 13.6 Å². The van der Waals surface area contributed by atoms with Crippen molar-refractivity contribution in [3.63, 3.8) is 0 Å². The van der Waals surface area contributed by atoms with Crippen LogP contribution in [0.15, 0.2) is 71.6 Å². The molecule has 0 saturated heterocycles. The van der Waals surface area contributed by atoms with Crippen molar-refractivity contribution in [3.05, 3.63) is 82.3 Å². The van der Waals surface area contributed by atoms with Crippen LogP contribution in [0.1, 0.15) is 5.56 Å². The number of hydrogen-bond donors (Lipinski definition) is 3. The second-order valence-electron chi connectivity index (χ2n) is 6.77. The highest BCUT2D eigenvalue weighted by Gasteiger charge is 2.11. The fourth-order valence-electron chi connectivity index (χ4n) is 2.87. The zero-order valence-corrected chi connectivity index (χ0v) is 19.2. The summed E-state index contributed by atoms with van der Waals surface area (Å²) in [6.45, 7) is 0.497. The van der Waals surface area contributed by atoms with E-state index in [0.717, 1.165) is 11.3 Å². The summed E-state index contributed by atoms with van der Waals surface area (Å²) in [6, 6.07) is 18.3. The van der Waals surface area contributed by atoms with Gasteiger partial charge < -0.3 is 15.4 Å². The number of hydrogen-bond acceptors (Lipinski definition) is 5. The zero-order chi connectivity index (χ0) is 23.1. The number of sulfonamides is 1. The summed E-state index contributed by atoms with van der Waals surface area (Å²) >= 11 is 12.5. The van der Waals surface area contributed by atoms with Crippen LogP contribution in [0.4, 0.5) is 11.4 Å². The molecule has 0 aliphatic heterocycles. The van der Waals surface area contributed by atoms with Crippen LogP contribution in [0.3, 0.4) is 0 Å². The lowest BCUT2D eigenvalue weighted by Gasteiger charge is -2.14. The molecule has 1 amide bonds. The maximum absolute atomic E-state index is 12.4. The van der Waals surface area contributed by atoms with Crippen LogP contribution in [-0.2, 0) is 21.2 Å². The molecular formula is C22H21Cl2N3O4S. The smallest absolute Gasteiger partial charge is 0.238 e. The molecule has 0 radical (unpaired) electrons. The van der Waals surface area contributed by atoms with E-state index in [2.05, 4.69) is 10.6 Å². The van der Waals surface area contributed by atoms with Crippen molar-refractivity contribution in [2.75, 3.05) is 18.5 Å². The van der Waals surface area contributed by atoms with Gasteiger partial charge in [0.1, 0.15) is 12.4 Å². The monoisotopic (exact) mass is 493 g/mol. The molecule has 0 aliphatic carbocycles. The van der Waals surface area contributed by atoms with E-state index >= 15 is 0 Å². The molecule has 0 heterocycles. The van der Waals surface area contributed by atoms with Gasteiger partial charge in [0.2, 0.25) is 15.9 Å². The lowest BCUT2D eigenvalue weighted by molar-refractivity contribution is -0.120. The number of rotatable bonds is 9. The van der Waals surface area contributed by atoms with E-state index in [9.17, 15) is 13.2 Å². The molecule has 0 aliphatic rings. The Morgan fingerprint density at radius 3 is 2.25 bits per heavy atom. The highest BCUT2D eigenvalue weighted by atomic mass is 35.5. The minimum atomic E-state index is -3.75. The summed E-state index contributed by atoms with van der Waals surface area (Å²) in [5, 5.41) is 12.0. The Morgan fingerprint density at radius 1 is 0.938 bits per heavy atom. The third-order valence-corrected chi connectivity index (χ3v) is 6.00. The van der Waals surface area contributed by atoms with Gasteiger partial charge in [-0.3, -0.25) is 4.79 Å². The largest absolute Gasteiger partial charge is 0.492 e. The van der Waals surface area contributed by atoms with Crippen molar-refractivity contribution in [1.82, 2.24) is 5.32 Å². The number of primary sulfonamides is 1. The van der Waals surface area contributed by atoms with E-state index in [1.54, 1.807) is 18.2 Å². The normalized spacial score (nSPS) is 11.1. The summed E-state index contributed by atoms with van der Waals surface area (Å²) in [6.07, 6.45) is 0.147. The average Bonchev–Trinajstić information content (AvgIpc) is 2.75. The standard InChI is InChI=1S/C22H21Cl2N3O4S/c23-18-5-3-6-19(24)22(18)27-20-7-2-1-4-15(20)14-21(28)26-12-13-31-16-8-10-17(11-9-16)32(25,29)30/h1-11,27H,12-14H2,(H,26,28)(H2,25,29,30). The topological polar surface area (TPSA) is 111 Å². The van der Waals surface area contributed by atoms with Crippen LogP contribution in [0, 0.1) is 0 Å². The number of anilines is 2. The summed E-state index contributed by atoms with van der Waals surface area (Å²) < 4.78 is 28.0. The molecule has 0 aromatic heterocycles. The number of para-hydroxylation sites is 2. The second-order valence-corrected chi connectivity index (χ2v) is 9.15. The second kappa shape index (κ2) is 10.7. The Morgan fingerprint density at radius 2 is 1.59 bits per heavy atom. The van der Waals surface area contributed by atoms with Gasteiger partial charge >= 0.3 is 0 Å². The summed E-state index contributed by atoms with van der Waals surface area (Å²) in [4.78, 5) is 12.4. The van der Waals surface area contributed by atoms with Crippen LogP contribution < -0.4 is 20.5 Å². The molecule has 0 unspecified atom stereocenters. The first-order valence-corrected chi connectivity index (χ1v) is 11.9. The van der Waals surface area contributed by atoms with Gasteiger partial charge in [-0.1, -0.05) is 47.5 Å². The number of ether oxygens (including phenoxy) is 1. The van der Waals surface area contributed by atoms with E-state index < -0.39 is 10.0 Å². The Bertz CT molecular complexity index is 1180. The van der Waals surface area contributed by atoms with Gasteiger partial charge in [-0.2, -0.15) is 0 Å². The Hall–Kier alpha value is -2.78. The Kier molecular flexibility index (Phi) is 7.98. The maximum atomic E-state index is 12.4. The molecule has 0 saturated carbocycles. The Labute approximate surface area is 196 Å². The van der Waals surface area contributed by atoms with Gasteiger partial charge in [0.05, 0.1) is 33.6 Å². The van der Waals surface area contributed by atoms with Crippen molar-refractivity contribution in [2.24, 2.45) is 5.14 Å². The molecule has 0 bridgehead atoms. The number of nitrogens with one attached hydrogen (secondary N) is 2. The lowest BCUT2D eigenvalue weighted by atomic mass is 10.1. The lowest BCUT2D eigenvalue weighted by Crippen LogP contribution is -2.29. The fraction of sp³-hybridized carbons (Fsp3) is 0.136. The summed E-state index contributed by atoms with van der Waals surface area (Å²) in [7, 11) is -3.75. The molecular weight excluding hydrogens is 473 g/mol. The number of carbonyl (C=O) groups is 1. The van der Waals surface area contributed by atoms with Gasteiger partial charge in [0, 0.05) is 5.69 Å². The maximum Gasteiger partial charge on any atom is 0.238 e. The minimum absolute atomic E-state index is 0.00325. The van der Waals surface area contributed by atoms with E-state index in [0.29, 0.717) is 21.5 Å². The Balaban J connectivity index is 1.52. The first-order chi connectivity index (χ1) is 15.2. The fourth-order valence-corrected chi connectivity index (χ4v) is 3.88. The average molecular weight is 494 g/mol. The molecule has 4 N–H and O–H groups in total. The molecule has 3 aromatic carbocycles. The number of carbonyl (C=O) groups excluding carboxylic acids is 1. The molecule has 0 fully saturated rings. The predicted octanol–water partition coefficient (Wildman–Crippen LogP) is 4.12. The highest BCUT2D eigenvalue weighted by molar-refractivity contribution is 7.89. The number of amides is 1. The molecule has 0 spiro atoms. The number of benzene rings is 3. The molecule has 3 aromatic rings. The number of halogens is 2. The number of nitrogens with two attached hydrogens (primary N) is 1. The first kappa shape index (κ1) is 23.9. The predicted molar refractivity (Wildman–Crippen MR) is 126 cm³/mol. The van der Waals surface area contributed by atoms with Crippen LogP contribution in [0.25, 0.3) is 0 Å². The molecule has 168 valence electrons. The van der Waals surface area contributed by atoms with E-state index in [1.165, 1.54) is 24.3 Å². The van der Waals surface area contributed by atoms with Crippen molar-refractivity contribution in [1.29, 1.82) is 0 Å². The molecule has 10 heteroatoms. The summed E-state index contributed by atoms with van der Waals surface area (Å²) in [5.41, 5.74) is 2.08. The molecule has 3 rings (SSSR count). The van der Waals surface area contributed by atoms with E-state index in [1.807, 2.05) is 24.3 Å². The SMILES string of the molecule is NS(=O)(=O)c1ccc(OCCNC(=O)Cc2ccccc2Nc2c(Cl)cccc2Cl)cc1. The first-order valence-electron chi connectivity index (χ1n) is 9.55. The van der Waals surface area contributed by atoms with Crippen molar-refractivity contribution < 1.29 is 17.9 Å². The third-order valence-electron chi connectivity index (χ3n) is 4.44. The van der Waals surface area contributed by atoms with Crippen molar-refractivity contribution in [2.45, 2.75) is 11.3 Å². The minimum Gasteiger partial charge on any atom is -0.492 e. The van der Waals surface area contributed by atoms with Crippen LogP contribution in [0.5, 0.6) is 5.75 Å². The van der Waals surface area contributed by atoms with Crippen LogP contribution >= 0.6 is 23.2 Å². The van der Waals surface area contributed by atoms with Gasteiger partial charge in [-0.15, -0.1) is 0 Å².